The highest BCUT2D eigenvalue weighted by Gasteiger charge is 2.31. The molecule has 0 unspecified atom stereocenters. The number of halogens is 3. The fraction of sp³-hybridized carbons (Fsp3) is 0.364. The van der Waals surface area contributed by atoms with Crippen LogP contribution in [0.3, 0.4) is 0 Å². The van der Waals surface area contributed by atoms with Crippen LogP contribution in [0.4, 0.5) is 14.5 Å². The highest BCUT2D eigenvalue weighted by atomic mass is 35.5. The van der Waals surface area contributed by atoms with Crippen LogP contribution in [0, 0.1) is 11.6 Å². The van der Waals surface area contributed by atoms with E-state index < -0.39 is 46.1 Å². The third-order valence-electron chi connectivity index (χ3n) is 4.77. The highest BCUT2D eigenvalue weighted by molar-refractivity contribution is 7.92. The summed E-state index contributed by atoms with van der Waals surface area (Å²) < 4.78 is 53.5. The maximum Gasteiger partial charge on any atom is 0.244 e. The minimum atomic E-state index is -3.99. The molecule has 0 aromatic heterocycles. The summed E-state index contributed by atoms with van der Waals surface area (Å²) >= 11 is 5.79. The van der Waals surface area contributed by atoms with Gasteiger partial charge in [-0.15, -0.1) is 0 Å². The van der Waals surface area contributed by atoms with Gasteiger partial charge in [0.2, 0.25) is 21.8 Å². The number of carbonyl (C=O) groups excluding carboxylic acids is 2. The van der Waals surface area contributed by atoms with Gasteiger partial charge in [0.25, 0.3) is 0 Å². The van der Waals surface area contributed by atoms with Gasteiger partial charge in [-0.1, -0.05) is 29.8 Å². The van der Waals surface area contributed by atoms with Gasteiger partial charge in [-0.05, 0) is 45.0 Å². The molecule has 11 heteroatoms. The zero-order valence-electron chi connectivity index (χ0n) is 18.7. The van der Waals surface area contributed by atoms with Gasteiger partial charge in [0.05, 0.1) is 17.0 Å². The van der Waals surface area contributed by atoms with Crippen molar-refractivity contribution in [3.63, 3.8) is 0 Å². The smallest absolute Gasteiger partial charge is 0.244 e. The molecule has 0 fully saturated rings. The molecule has 1 atom stereocenters. The first kappa shape index (κ1) is 26.5. The molecular formula is C22H26ClF2N3O4S. The van der Waals surface area contributed by atoms with Crippen molar-refractivity contribution in [2.24, 2.45) is 0 Å². The van der Waals surface area contributed by atoms with Crippen molar-refractivity contribution in [1.29, 1.82) is 0 Å². The van der Waals surface area contributed by atoms with Gasteiger partial charge in [0.1, 0.15) is 24.2 Å². The molecule has 7 nitrogen and oxygen atoms in total. The summed E-state index contributed by atoms with van der Waals surface area (Å²) in [5, 5.41) is 2.37. The van der Waals surface area contributed by atoms with Crippen LogP contribution < -0.4 is 9.62 Å². The molecular weight excluding hydrogens is 476 g/mol. The Hall–Kier alpha value is -2.72. The Balaban J connectivity index is 2.43. The van der Waals surface area contributed by atoms with Crippen molar-refractivity contribution in [2.45, 2.75) is 39.4 Å². The molecule has 2 aromatic carbocycles. The van der Waals surface area contributed by atoms with Crippen LogP contribution in [-0.4, -0.2) is 50.0 Å². The molecule has 0 bridgehead atoms. The number of benzene rings is 2. The van der Waals surface area contributed by atoms with E-state index in [-0.39, 0.29) is 28.9 Å². The fourth-order valence-electron chi connectivity index (χ4n) is 3.05. The lowest BCUT2D eigenvalue weighted by Gasteiger charge is -2.32. The number of nitrogens with zero attached hydrogens (tertiary/aromatic N) is 2. The van der Waals surface area contributed by atoms with Gasteiger partial charge in [0.15, 0.2) is 0 Å². The molecule has 180 valence electrons. The molecule has 0 radical (unpaired) electrons. The minimum Gasteiger partial charge on any atom is -0.352 e. The quantitative estimate of drug-likeness (QED) is 0.571. The Morgan fingerprint density at radius 3 is 2.24 bits per heavy atom. The normalized spacial score (nSPS) is 12.4. The summed E-state index contributed by atoms with van der Waals surface area (Å²) in [7, 11) is -3.99. The van der Waals surface area contributed by atoms with Crippen molar-refractivity contribution >= 4 is 39.1 Å². The van der Waals surface area contributed by atoms with Crippen LogP contribution in [-0.2, 0) is 26.2 Å². The number of hydrogen-bond donors (Lipinski definition) is 1. The number of anilines is 1. The van der Waals surface area contributed by atoms with Crippen LogP contribution in [0.25, 0.3) is 0 Å². The lowest BCUT2D eigenvalue weighted by Crippen LogP contribution is -2.52. The third kappa shape index (κ3) is 7.13. The Morgan fingerprint density at radius 2 is 1.70 bits per heavy atom. The maximum absolute atomic E-state index is 14.3. The van der Waals surface area contributed by atoms with Crippen LogP contribution in [0.1, 0.15) is 26.3 Å². The van der Waals surface area contributed by atoms with Crippen molar-refractivity contribution < 1.29 is 26.8 Å². The summed E-state index contributed by atoms with van der Waals surface area (Å²) in [4.78, 5) is 27.0. The van der Waals surface area contributed by atoms with E-state index in [9.17, 15) is 26.8 Å². The van der Waals surface area contributed by atoms with Gasteiger partial charge in [-0.2, -0.15) is 0 Å². The van der Waals surface area contributed by atoms with Crippen molar-refractivity contribution in [2.75, 3.05) is 17.1 Å². The van der Waals surface area contributed by atoms with E-state index >= 15 is 0 Å². The first-order valence-electron chi connectivity index (χ1n) is 10.1. The van der Waals surface area contributed by atoms with Crippen LogP contribution in [0.2, 0.25) is 5.02 Å². The molecule has 0 saturated carbocycles. The van der Waals surface area contributed by atoms with Crippen LogP contribution >= 0.6 is 11.6 Å². The lowest BCUT2D eigenvalue weighted by molar-refractivity contribution is -0.139. The van der Waals surface area contributed by atoms with E-state index in [1.807, 2.05) is 0 Å². The number of hydrogen-bond acceptors (Lipinski definition) is 4. The van der Waals surface area contributed by atoms with Crippen LogP contribution in [0.15, 0.2) is 42.5 Å². The van der Waals surface area contributed by atoms with E-state index in [0.717, 1.165) is 27.6 Å². The first-order chi connectivity index (χ1) is 15.3. The highest BCUT2D eigenvalue weighted by Crippen LogP contribution is 2.25. The summed E-state index contributed by atoms with van der Waals surface area (Å²) in [5.74, 6) is -2.56. The molecule has 2 aromatic rings. The molecule has 2 rings (SSSR count). The zero-order chi connectivity index (χ0) is 24.9. The summed E-state index contributed by atoms with van der Waals surface area (Å²) in [6, 6.07) is 7.77. The average Bonchev–Trinajstić information content (AvgIpc) is 2.71. The van der Waals surface area contributed by atoms with Gasteiger partial charge >= 0.3 is 0 Å². The van der Waals surface area contributed by atoms with Gasteiger partial charge in [0, 0.05) is 18.2 Å². The summed E-state index contributed by atoms with van der Waals surface area (Å²) in [6.45, 7) is 4.00. The van der Waals surface area contributed by atoms with E-state index in [1.165, 1.54) is 31.2 Å². The van der Waals surface area contributed by atoms with E-state index in [4.69, 9.17) is 11.6 Å². The minimum absolute atomic E-state index is 0.0256. The second kappa shape index (κ2) is 10.9. The SMILES string of the molecule is CC(C)NC(=O)[C@@H](C)N(Cc1ccccc1F)C(=O)CN(c1ccc(F)c(Cl)c1)S(C)(=O)=O. The van der Waals surface area contributed by atoms with E-state index in [0.29, 0.717) is 0 Å². The third-order valence-corrected chi connectivity index (χ3v) is 6.20. The number of rotatable bonds is 9. The monoisotopic (exact) mass is 501 g/mol. The average molecular weight is 502 g/mol. The maximum atomic E-state index is 14.3. The standard InChI is InChI=1S/C22H26ClF2N3O4S/c1-14(2)26-22(30)15(3)27(12-16-7-5-6-8-19(16)24)21(29)13-28(33(4,31)32)17-9-10-20(25)18(23)11-17/h5-11,14-15H,12-13H2,1-4H3,(H,26,30)/t15-/m1/s1. The molecule has 0 aliphatic heterocycles. The summed E-state index contributed by atoms with van der Waals surface area (Å²) in [5.41, 5.74) is 0.133. The Labute approximate surface area is 197 Å². The number of sulfonamides is 1. The van der Waals surface area contributed by atoms with Crippen molar-refractivity contribution in [1.82, 2.24) is 10.2 Å². The van der Waals surface area contributed by atoms with Crippen molar-refractivity contribution in [3.05, 3.63) is 64.7 Å². The van der Waals surface area contributed by atoms with Gasteiger partial charge in [-0.3, -0.25) is 13.9 Å². The molecule has 0 saturated heterocycles. The number of nitrogens with one attached hydrogen (secondary N) is 1. The first-order valence-corrected chi connectivity index (χ1v) is 12.3. The van der Waals surface area contributed by atoms with E-state index in [1.54, 1.807) is 19.9 Å². The Kier molecular flexibility index (Phi) is 8.79. The van der Waals surface area contributed by atoms with E-state index in [2.05, 4.69) is 5.32 Å². The Morgan fingerprint density at radius 1 is 1.06 bits per heavy atom. The predicted molar refractivity (Wildman–Crippen MR) is 123 cm³/mol. The second-order valence-electron chi connectivity index (χ2n) is 7.82. The zero-order valence-corrected chi connectivity index (χ0v) is 20.3. The Bertz CT molecular complexity index is 1130. The molecule has 2 amide bonds. The number of amides is 2. The molecule has 0 aliphatic carbocycles. The number of carbonyl (C=O) groups is 2. The topological polar surface area (TPSA) is 86.8 Å². The van der Waals surface area contributed by atoms with Crippen LogP contribution in [0.5, 0.6) is 0 Å². The summed E-state index contributed by atoms with van der Waals surface area (Å²) in [6.07, 6.45) is 0.883. The van der Waals surface area contributed by atoms with Crippen molar-refractivity contribution in [3.8, 4) is 0 Å². The molecule has 1 N–H and O–H groups in total. The fourth-order valence-corrected chi connectivity index (χ4v) is 4.07. The van der Waals surface area contributed by atoms with Gasteiger partial charge in [-0.25, -0.2) is 17.2 Å². The molecule has 0 heterocycles. The second-order valence-corrected chi connectivity index (χ2v) is 10.1. The molecule has 33 heavy (non-hydrogen) atoms. The predicted octanol–water partition coefficient (Wildman–Crippen LogP) is 3.33. The molecule has 0 spiro atoms. The molecule has 0 aliphatic rings. The lowest BCUT2D eigenvalue weighted by atomic mass is 10.1. The van der Waals surface area contributed by atoms with Gasteiger partial charge < -0.3 is 10.2 Å². The largest absolute Gasteiger partial charge is 0.352 e.